The van der Waals surface area contributed by atoms with E-state index in [1.165, 1.54) is 26.4 Å². The molecule has 2 aromatic heterocycles. The Bertz CT molecular complexity index is 618. The molecule has 0 aliphatic carbocycles. The van der Waals surface area contributed by atoms with Gasteiger partial charge in [0.15, 0.2) is 10.9 Å². The lowest BCUT2D eigenvalue weighted by Gasteiger charge is -2.03. The number of H-pyrrole nitrogens is 1. The van der Waals surface area contributed by atoms with Crippen molar-refractivity contribution >= 4 is 34.1 Å². The van der Waals surface area contributed by atoms with E-state index in [2.05, 4.69) is 9.97 Å². The van der Waals surface area contributed by atoms with E-state index >= 15 is 0 Å². The standard InChI is InChI=1S/C11H9ClN2O3/c1-5(15)10(16)6-3-13-9-8(6)7(17-2)4-14-11(9)12/h3-4,13H,1-2H3. The Kier molecular flexibility index (Phi) is 2.85. The minimum absolute atomic E-state index is 0.225. The summed E-state index contributed by atoms with van der Waals surface area (Å²) in [4.78, 5) is 29.6. The minimum atomic E-state index is -0.586. The molecular weight excluding hydrogens is 244 g/mol. The Morgan fingerprint density at radius 1 is 1.47 bits per heavy atom. The van der Waals surface area contributed by atoms with Crippen molar-refractivity contribution in [2.75, 3.05) is 7.11 Å². The summed E-state index contributed by atoms with van der Waals surface area (Å²) in [6.45, 7) is 1.22. The lowest BCUT2D eigenvalue weighted by molar-refractivity contribution is -0.113. The van der Waals surface area contributed by atoms with Crippen LogP contribution in [0.3, 0.4) is 0 Å². The minimum Gasteiger partial charge on any atom is -0.494 e. The van der Waals surface area contributed by atoms with Crippen molar-refractivity contribution in [3.05, 3.63) is 23.1 Å². The van der Waals surface area contributed by atoms with Gasteiger partial charge < -0.3 is 9.72 Å². The number of nitrogens with one attached hydrogen (secondary N) is 1. The average Bonchev–Trinajstić information content (AvgIpc) is 2.74. The first kappa shape index (κ1) is 11.6. The fourth-order valence-electron chi connectivity index (χ4n) is 1.61. The van der Waals surface area contributed by atoms with Gasteiger partial charge in [0.1, 0.15) is 5.75 Å². The van der Waals surface area contributed by atoms with E-state index in [1.807, 2.05) is 0 Å². The number of methoxy groups -OCH3 is 1. The molecule has 5 nitrogen and oxygen atoms in total. The lowest BCUT2D eigenvalue weighted by Crippen LogP contribution is -2.09. The molecule has 6 heteroatoms. The number of ketones is 2. The van der Waals surface area contributed by atoms with Gasteiger partial charge in [0.2, 0.25) is 5.78 Å². The molecule has 0 saturated carbocycles. The number of aromatic nitrogens is 2. The number of aromatic amines is 1. The highest BCUT2D eigenvalue weighted by Gasteiger charge is 2.20. The summed E-state index contributed by atoms with van der Waals surface area (Å²) < 4.78 is 5.11. The normalized spacial score (nSPS) is 10.5. The predicted molar refractivity (Wildman–Crippen MR) is 62.7 cm³/mol. The molecule has 0 fully saturated rings. The number of Topliss-reactive ketones (excluding diaryl/α,β-unsaturated/α-hetero) is 2. The first-order valence-electron chi connectivity index (χ1n) is 4.81. The third-order valence-electron chi connectivity index (χ3n) is 2.41. The Balaban J connectivity index is 2.78. The maximum Gasteiger partial charge on any atom is 0.230 e. The zero-order valence-corrected chi connectivity index (χ0v) is 9.96. The molecule has 0 amide bonds. The van der Waals surface area contributed by atoms with Gasteiger partial charge in [0.05, 0.1) is 29.8 Å². The number of rotatable bonds is 3. The second kappa shape index (κ2) is 4.18. The summed E-state index contributed by atoms with van der Waals surface area (Å²) in [6, 6.07) is 0. The van der Waals surface area contributed by atoms with Crippen molar-refractivity contribution in [3.8, 4) is 5.75 Å². The number of hydrogen-bond acceptors (Lipinski definition) is 4. The quantitative estimate of drug-likeness (QED) is 0.515. The summed E-state index contributed by atoms with van der Waals surface area (Å²) in [5.74, 6) is -0.729. The van der Waals surface area contributed by atoms with Crippen molar-refractivity contribution in [1.82, 2.24) is 9.97 Å². The number of carbonyl (C=O) groups excluding carboxylic acids is 2. The smallest absolute Gasteiger partial charge is 0.230 e. The van der Waals surface area contributed by atoms with Gasteiger partial charge in [-0.3, -0.25) is 9.59 Å². The number of halogens is 1. The van der Waals surface area contributed by atoms with E-state index in [4.69, 9.17) is 16.3 Å². The van der Waals surface area contributed by atoms with Crippen molar-refractivity contribution in [3.63, 3.8) is 0 Å². The Morgan fingerprint density at radius 2 is 2.18 bits per heavy atom. The predicted octanol–water partition coefficient (Wildman–Crippen LogP) is 2.00. The van der Waals surface area contributed by atoms with Gasteiger partial charge in [0.25, 0.3) is 0 Å². The summed E-state index contributed by atoms with van der Waals surface area (Å²) in [5, 5.41) is 0.705. The summed E-state index contributed by atoms with van der Waals surface area (Å²) in [7, 11) is 1.46. The first-order valence-corrected chi connectivity index (χ1v) is 5.19. The van der Waals surface area contributed by atoms with Gasteiger partial charge in [0, 0.05) is 13.1 Å². The van der Waals surface area contributed by atoms with Gasteiger partial charge in [-0.05, 0) is 0 Å². The van der Waals surface area contributed by atoms with Crippen molar-refractivity contribution in [2.24, 2.45) is 0 Å². The monoisotopic (exact) mass is 252 g/mol. The fourth-order valence-corrected chi connectivity index (χ4v) is 1.81. The van der Waals surface area contributed by atoms with Crippen LogP contribution in [0, 0.1) is 0 Å². The van der Waals surface area contributed by atoms with E-state index in [-0.39, 0.29) is 10.7 Å². The van der Waals surface area contributed by atoms with E-state index in [0.29, 0.717) is 16.7 Å². The third-order valence-corrected chi connectivity index (χ3v) is 2.70. The van der Waals surface area contributed by atoms with Crippen LogP contribution in [0.15, 0.2) is 12.4 Å². The highest BCUT2D eigenvalue weighted by atomic mass is 35.5. The maximum absolute atomic E-state index is 11.7. The molecule has 0 aromatic carbocycles. The highest BCUT2D eigenvalue weighted by Crippen LogP contribution is 2.32. The van der Waals surface area contributed by atoms with Crippen LogP contribution in [-0.4, -0.2) is 28.6 Å². The Morgan fingerprint density at radius 3 is 2.76 bits per heavy atom. The molecule has 17 heavy (non-hydrogen) atoms. The van der Waals surface area contributed by atoms with Crippen LogP contribution in [-0.2, 0) is 4.79 Å². The molecule has 0 aliphatic rings. The number of nitrogens with zero attached hydrogens (tertiary/aromatic N) is 1. The van der Waals surface area contributed by atoms with Crippen LogP contribution in [0.4, 0.5) is 0 Å². The lowest BCUT2D eigenvalue weighted by atomic mass is 10.1. The van der Waals surface area contributed by atoms with E-state index in [1.54, 1.807) is 0 Å². The van der Waals surface area contributed by atoms with Crippen LogP contribution in [0.1, 0.15) is 17.3 Å². The number of fused-ring (bicyclic) bond motifs is 1. The number of carbonyl (C=O) groups is 2. The van der Waals surface area contributed by atoms with Crippen LogP contribution < -0.4 is 4.74 Å². The molecule has 1 N–H and O–H groups in total. The molecule has 0 radical (unpaired) electrons. The number of hydrogen-bond donors (Lipinski definition) is 1. The van der Waals surface area contributed by atoms with Crippen LogP contribution in [0.2, 0.25) is 5.15 Å². The molecule has 0 saturated heterocycles. The molecule has 0 aliphatic heterocycles. The van der Waals surface area contributed by atoms with Crippen molar-refractivity contribution in [2.45, 2.75) is 6.92 Å². The first-order chi connectivity index (χ1) is 8.06. The van der Waals surface area contributed by atoms with Gasteiger partial charge >= 0.3 is 0 Å². The largest absolute Gasteiger partial charge is 0.494 e. The molecular formula is C11H9ClN2O3. The van der Waals surface area contributed by atoms with E-state index in [0.717, 1.165) is 0 Å². The zero-order valence-electron chi connectivity index (χ0n) is 9.20. The molecule has 2 rings (SSSR count). The molecule has 2 heterocycles. The Hall–Kier alpha value is -1.88. The third kappa shape index (κ3) is 1.78. The SMILES string of the molecule is COc1cnc(Cl)c2[nH]cc(C(=O)C(C)=O)c12. The van der Waals surface area contributed by atoms with Gasteiger partial charge in [-0.25, -0.2) is 4.98 Å². The Labute approximate surface area is 102 Å². The summed E-state index contributed by atoms with van der Waals surface area (Å²) >= 11 is 5.89. The van der Waals surface area contributed by atoms with Crippen LogP contribution >= 0.6 is 11.6 Å². The zero-order chi connectivity index (χ0) is 12.6. The number of ether oxygens (including phenoxy) is 1. The van der Waals surface area contributed by atoms with Gasteiger partial charge in [-0.2, -0.15) is 0 Å². The topological polar surface area (TPSA) is 72.0 Å². The van der Waals surface area contributed by atoms with E-state index in [9.17, 15) is 9.59 Å². The maximum atomic E-state index is 11.7. The molecule has 0 bridgehead atoms. The second-order valence-electron chi connectivity index (χ2n) is 3.46. The molecule has 0 unspecified atom stereocenters. The van der Waals surface area contributed by atoms with Crippen molar-refractivity contribution < 1.29 is 14.3 Å². The summed E-state index contributed by atoms with van der Waals surface area (Å²) in [6.07, 6.45) is 2.85. The molecule has 0 spiro atoms. The van der Waals surface area contributed by atoms with Crippen LogP contribution in [0.25, 0.3) is 10.9 Å². The van der Waals surface area contributed by atoms with Crippen molar-refractivity contribution in [1.29, 1.82) is 0 Å². The molecule has 0 atom stereocenters. The number of pyridine rings is 1. The molecule has 88 valence electrons. The second-order valence-corrected chi connectivity index (χ2v) is 3.81. The molecule has 2 aromatic rings. The van der Waals surface area contributed by atoms with E-state index < -0.39 is 11.6 Å². The summed E-state index contributed by atoms with van der Waals surface area (Å²) in [5.41, 5.74) is 0.726. The van der Waals surface area contributed by atoms with Gasteiger partial charge in [-0.1, -0.05) is 11.6 Å². The highest BCUT2D eigenvalue weighted by molar-refractivity contribution is 6.46. The fraction of sp³-hybridized carbons (Fsp3) is 0.182. The van der Waals surface area contributed by atoms with Gasteiger partial charge in [-0.15, -0.1) is 0 Å². The average molecular weight is 253 g/mol. The van der Waals surface area contributed by atoms with Crippen LogP contribution in [0.5, 0.6) is 5.75 Å².